The Bertz CT molecular complexity index is 878. The largest absolute Gasteiger partial charge is 0.549 e. The van der Waals surface area contributed by atoms with Gasteiger partial charge in [0.25, 0.3) is 0 Å². The molecule has 4 rings (SSSR count). The van der Waals surface area contributed by atoms with Gasteiger partial charge in [-0.1, -0.05) is 44.0 Å². The zero-order valence-corrected chi connectivity index (χ0v) is 17.7. The van der Waals surface area contributed by atoms with Crippen molar-refractivity contribution in [2.75, 3.05) is 13.2 Å². The summed E-state index contributed by atoms with van der Waals surface area (Å²) in [5.74, 6) is -1.55. The average Bonchev–Trinajstić information content (AvgIpc) is 3.28. The number of esters is 1. The summed E-state index contributed by atoms with van der Waals surface area (Å²) in [4.78, 5) is 40.6. The van der Waals surface area contributed by atoms with Crippen LogP contribution in [0.1, 0.15) is 46.5 Å². The summed E-state index contributed by atoms with van der Waals surface area (Å²) in [6.45, 7) is 5.51. The Balaban J connectivity index is 1.87. The van der Waals surface area contributed by atoms with Crippen LogP contribution in [0.4, 0.5) is 0 Å². The summed E-state index contributed by atoms with van der Waals surface area (Å²) in [6.07, 6.45) is 5.78. The normalized spacial score (nSPS) is 43.0. The van der Waals surface area contributed by atoms with Gasteiger partial charge >= 0.3 is 5.97 Å². The number of allylic oxidation sites excluding steroid dienone is 1. The number of carbonyl (C=O) groups is 3. The highest BCUT2D eigenvalue weighted by atomic mass is 16.5. The van der Waals surface area contributed by atoms with E-state index in [1.807, 2.05) is 19.9 Å². The van der Waals surface area contributed by atoms with Crippen LogP contribution >= 0.6 is 0 Å². The van der Waals surface area contributed by atoms with Crippen molar-refractivity contribution in [3.8, 4) is 0 Å². The SMILES string of the molecule is CC(C)C1=CC2CC3(C=O)C4CCC(C)C4CC2(COC(=O)CN=[N+]=[N-])C13C(=O)[O-]. The first-order chi connectivity index (χ1) is 14.2. The van der Waals surface area contributed by atoms with Crippen molar-refractivity contribution in [1.29, 1.82) is 0 Å². The molecule has 7 unspecified atom stereocenters. The molecule has 0 saturated heterocycles. The minimum Gasteiger partial charge on any atom is -0.549 e. The lowest BCUT2D eigenvalue weighted by molar-refractivity contribution is -0.332. The highest BCUT2D eigenvalue weighted by Crippen LogP contribution is 2.82. The van der Waals surface area contributed by atoms with Gasteiger partial charge in [0.15, 0.2) is 0 Å². The maximum Gasteiger partial charge on any atom is 0.311 e. The summed E-state index contributed by atoms with van der Waals surface area (Å²) in [5.41, 5.74) is 5.80. The molecule has 0 spiro atoms. The van der Waals surface area contributed by atoms with Gasteiger partial charge in [-0.25, -0.2) is 0 Å². The predicted octanol–water partition coefficient (Wildman–Crippen LogP) is 2.43. The fourth-order valence-electron chi connectivity index (χ4n) is 7.95. The van der Waals surface area contributed by atoms with E-state index in [1.165, 1.54) is 0 Å². The molecule has 3 saturated carbocycles. The Hall–Kier alpha value is -2.34. The summed E-state index contributed by atoms with van der Waals surface area (Å²) < 4.78 is 5.52. The molecule has 8 nitrogen and oxygen atoms in total. The quantitative estimate of drug-likeness (QED) is 0.158. The number of aldehydes is 1. The predicted molar refractivity (Wildman–Crippen MR) is 104 cm³/mol. The first-order valence-corrected chi connectivity index (χ1v) is 10.8. The fraction of sp³-hybridized carbons (Fsp3) is 0.773. The standard InChI is InChI=1S/C22H29N3O5/c1-12(2)17-6-14-7-20(10-26)16-5-4-13(3)15(16)8-21(14,22(17,20)19(28)29)11-30-18(27)9-24-25-23/h6,10,12-16H,4-5,7-9,11H2,1-3H3,(H,28,29)/p-1. The third-order valence-corrected chi connectivity index (χ3v) is 8.86. The second kappa shape index (κ2) is 6.84. The van der Waals surface area contributed by atoms with Gasteiger partial charge in [0.1, 0.15) is 12.8 Å². The van der Waals surface area contributed by atoms with E-state index in [0.717, 1.165) is 24.7 Å². The Kier molecular flexibility index (Phi) is 4.77. The van der Waals surface area contributed by atoms with Crippen LogP contribution in [0.15, 0.2) is 16.8 Å². The average molecular weight is 414 g/mol. The number of hydrogen-bond acceptors (Lipinski definition) is 6. The zero-order valence-electron chi connectivity index (χ0n) is 17.7. The van der Waals surface area contributed by atoms with Crippen LogP contribution in [0.2, 0.25) is 0 Å². The Morgan fingerprint density at radius 1 is 1.40 bits per heavy atom. The van der Waals surface area contributed by atoms with Gasteiger partial charge in [0.2, 0.25) is 0 Å². The van der Waals surface area contributed by atoms with Crippen molar-refractivity contribution in [3.05, 3.63) is 22.1 Å². The number of azide groups is 1. The molecule has 4 bridgehead atoms. The second-order valence-electron chi connectivity index (χ2n) is 10.0. The molecule has 4 aliphatic carbocycles. The molecule has 8 heteroatoms. The molecule has 0 aromatic heterocycles. The van der Waals surface area contributed by atoms with Crippen LogP contribution in [-0.4, -0.2) is 31.4 Å². The van der Waals surface area contributed by atoms with Gasteiger partial charge in [0.05, 0.1) is 18.0 Å². The third kappa shape index (κ3) is 2.23. The van der Waals surface area contributed by atoms with Crippen LogP contribution in [0.3, 0.4) is 0 Å². The molecule has 0 N–H and O–H groups in total. The molecule has 0 aromatic carbocycles. The molecule has 0 aliphatic heterocycles. The maximum atomic E-state index is 13.0. The number of nitrogens with zero attached hydrogens (tertiary/aromatic N) is 3. The van der Waals surface area contributed by atoms with E-state index in [1.54, 1.807) is 0 Å². The maximum absolute atomic E-state index is 13.0. The molecule has 30 heavy (non-hydrogen) atoms. The van der Waals surface area contributed by atoms with Crippen molar-refractivity contribution in [1.82, 2.24) is 0 Å². The first kappa shape index (κ1) is 20.9. The summed E-state index contributed by atoms with van der Waals surface area (Å²) in [7, 11) is 0. The number of rotatable bonds is 7. The highest BCUT2D eigenvalue weighted by Gasteiger charge is 2.82. The van der Waals surface area contributed by atoms with E-state index in [0.29, 0.717) is 18.8 Å². The minimum absolute atomic E-state index is 0.00219. The number of carboxylic acid groups (broad SMARTS) is 1. The molecule has 7 atom stereocenters. The van der Waals surface area contributed by atoms with Crippen molar-refractivity contribution in [2.24, 2.45) is 50.9 Å². The van der Waals surface area contributed by atoms with Crippen LogP contribution in [0.5, 0.6) is 0 Å². The number of ether oxygens (including phenoxy) is 1. The van der Waals surface area contributed by atoms with E-state index in [-0.39, 0.29) is 30.3 Å². The zero-order chi connectivity index (χ0) is 21.9. The smallest absolute Gasteiger partial charge is 0.311 e. The van der Waals surface area contributed by atoms with Crippen LogP contribution in [-0.2, 0) is 19.1 Å². The fourth-order valence-corrected chi connectivity index (χ4v) is 7.95. The molecular formula is C22H28N3O5-. The van der Waals surface area contributed by atoms with E-state index < -0.39 is 34.7 Å². The van der Waals surface area contributed by atoms with Gasteiger partial charge in [-0.2, -0.15) is 0 Å². The number of fused-ring (bicyclic) bond motifs is 2. The van der Waals surface area contributed by atoms with Crippen LogP contribution in [0, 0.1) is 45.8 Å². The number of carbonyl (C=O) groups excluding carboxylic acids is 3. The lowest BCUT2D eigenvalue weighted by Crippen LogP contribution is -2.66. The van der Waals surface area contributed by atoms with Gasteiger partial charge in [-0.3, -0.25) is 4.79 Å². The van der Waals surface area contributed by atoms with Gasteiger partial charge in [0, 0.05) is 15.7 Å². The summed E-state index contributed by atoms with van der Waals surface area (Å²) in [5, 5.41) is 16.3. The van der Waals surface area contributed by atoms with Crippen molar-refractivity contribution >= 4 is 18.2 Å². The van der Waals surface area contributed by atoms with Crippen molar-refractivity contribution in [2.45, 2.75) is 46.5 Å². The summed E-state index contributed by atoms with van der Waals surface area (Å²) >= 11 is 0. The lowest BCUT2D eigenvalue weighted by atomic mass is 9.43. The van der Waals surface area contributed by atoms with E-state index in [9.17, 15) is 19.5 Å². The molecule has 0 aromatic rings. The monoisotopic (exact) mass is 414 g/mol. The van der Waals surface area contributed by atoms with E-state index >= 15 is 0 Å². The lowest BCUT2D eigenvalue weighted by Gasteiger charge is -2.61. The second-order valence-corrected chi connectivity index (χ2v) is 10.0. The first-order valence-electron chi connectivity index (χ1n) is 10.8. The number of carboxylic acids is 1. The molecular weight excluding hydrogens is 386 g/mol. The van der Waals surface area contributed by atoms with E-state index in [4.69, 9.17) is 10.3 Å². The minimum atomic E-state index is -1.47. The van der Waals surface area contributed by atoms with Gasteiger partial charge in [-0.15, -0.1) is 0 Å². The van der Waals surface area contributed by atoms with Gasteiger partial charge < -0.3 is 19.4 Å². The number of hydrogen-bond donors (Lipinski definition) is 0. The summed E-state index contributed by atoms with van der Waals surface area (Å²) in [6, 6.07) is 0. The van der Waals surface area contributed by atoms with Crippen molar-refractivity contribution in [3.63, 3.8) is 0 Å². The molecule has 0 radical (unpaired) electrons. The number of aliphatic carboxylic acids is 1. The Morgan fingerprint density at radius 2 is 2.13 bits per heavy atom. The topological polar surface area (TPSA) is 132 Å². The molecule has 162 valence electrons. The molecule has 0 amide bonds. The molecule has 0 heterocycles. The van der Waals surface area contributed by atoms with E-state index in [2.05, 4.69) is 16.9 Å². The Morgan fingerprint density at radius 3 is 2.73 bits per heavy atom. The molecule has 3 fully saturated rings. The highest BCUT2D eigenvalue weighted by molar-refractivity contribution is 5.89. The third-order valence-electron chi connectivity index (χ3n) is 8.86. The van der Waals surface area contributed by atoms with Crippen LogP contribution in [0.25, 0.3) is 10.4 Å². The van der Waals surface area contributed by atoms with Crippen molar-refractivity contribution < 1.29 is 24.2 Å². The van der Waals surface area contributed by atoms with Crippen LogP contribution < -0.4 is 5.11 Å². The Labute approximate surface area is 175 Å². The molecule has 4 aliphatic rings. The van der Waals surface area contributed by atoms with Gasteiger partial charge in [-0.05, 0) is 54.4 Å².